The first kappa shape index (κ1) is 18.1. The highest BCUT2D eigenvalue weighted by Gasteiger charge is 2.20. The molecule has 18 heavy (non-hydrogen) atoms. The van der Waals surface area contributed by atoms with Gasteiger partial charge in [-0.15, -0.1) is 0 Å². The molecule has 5 heteroatoms. The van der Waals surface area contributed by atoms with Crippen LogP contribution in [0.2, 0.25) is 0 Å². The standard InChI is InChI=1S/C13H28N2OS2/c1-12(2,3)11(16)14-7-9-17-18-10-8-15-13(4,5)6/h15H,7-10H2,1-6H3,(H,14,16). The number of carbonyl (C=O) groups excluding carboxylic acids is 1. The van der Waals surface area contributed by atoms with Crippen molar-refractivity contribution in [2.45, 2.75) is 47.1 Å². The van der Waals surface area contributed by atoms with Crippen molar-refractivity contribution < 1.29 is 4.79 Å². The third-order valence-electron chi connectivity index (χ3n) is 2.08. The summed E-state index contributed by atoms with van der Waals surface area (Å²) in [6, 6.07) is 0. The lowest BCUT2D eigenvalue weighted by atomic mass is 9.96. The Hall–Kier alpha value is 0.130. The molecule has 1 amide bonds. The predicted molar refractivity (Wildman–Crippen MR) is 85.1 cm³/mol. The third-order valence-corrected chi connectivity index (χ3v) is 4.48. The zero-order chi connectivity index (χ0) is 14.2. The molecule has 0 aliphatic rings. The molecular weight excluding hydrogens is 264 g/mol. The molecular formula is C13H28N2OS2. The summed E-state index contributed by atoms with van der Waals surface area (Å²) in [4.78, 5) is 11.6. The lowest BCUT2D eigenvalue weighted by Crippen LogP contribution is -2.37. The van der Waals surface area contributed by atoms with E-state index >= 15 is 0 Å². The van der Waals surface area contributed by atoms with Crippen molar-refractivity contribution in [2.75, 3.05) is 24.6 Å². The van der Waals surface area contributed by atoms with E-state index in [0.29, 0.717) is 0 Å². The highest BCUT2D eigenvalue weighted by molar-refractivity contribution is 8.76. The summed E-state index contributed by atoms with van der Waals surface area (Å²) in [6.07, 6.45) is 0. The van der Waals surface area contributed by atoms with Gasteiger partial charge in [-0.1, -0.05) is 42.4 Å². The van der Waals surface area contributed by atoms with Crippen molar-refractivity contribution in [1.29, 1.82) is 0 Å². The smallest absolute Gasteiger partial charge is 0.225 e. The fourth-order valence-corrected chi connectivity index (χ4v) is 2.87. The SMILES string of the molecule is CC(C)(C)NCCSSCCNC(=O)C(C)(C)C. The van der Waals surface area contributed by atoms with Crippen molar-refractivity contribution in [2.24, 2.45) is 5.41 Å². The molecule has 0 atom stereocenters. The van der Waals surface area contributed by atoms with Crippen molar-refractivity contribution in [3.8, 4) is 0 Å². The molecule has 0 unspecified atom stereocenters. The van der Waals surface area contributed by atoms with Crippen LogP contribution < -0.4 is 10.6 Å². The molecule has 3 nitrogen and oxygen atoms in total. The molecule has 0 aromatic heterocycles. The highest BCUT2D eigenvalue weighted by Crippen LogP contribution is 2.20. The van der Waals surface area contributed by atoms with Crippen LogP contribution >= 0.6 is 21.6 Å². The molecule has 0 aromatic rings. The molecule has 2 N–H and O–H groups in total. The molecule has 0 bridgehead atoms. The van der Waals surface area contributed by atoms with Crippen LogP contribution in [0.5, 0.6) is 0 Å². The molecule has 0 heterocycles. The number of hydrogen-bond donors (Lipinski definition) is 2. The van der Waals surface area contributed by atoms with E-state index in [2.05, 4.69) is 31.4 Å². The maximum absolute atomic E-state index is 11.6. The van der Waals surface area contributed by atoms with E-state index in [1.165, 1.54) is 0 Å². The van der Waals surface area contributed by atoms with Gasteiger partial charge in [0.25, 0.3) is 0 Å². The van der Waals surface area contributed by atoms with Gasteiger partial charge in [-0.25, -0.2) is 0 Å². The Bertz CT molecular complexity index is 244. The summed E-state index contributed by atoms with van der Waals surface area (Å²) in [7, 11) is 3.67. The van der Waals surface area contributed by atoms with E-state index in [1.807, 2.05) is 42.4 Å². The van der Waals surface area contributed by atoms with Gasteiger partial charge in [-0.2, -0.15) is 0 Å². The second-order valence-electron chi connectivity index (χ2n) is 6.33. The van der Waals surface area contributed by atoms with E-state index < -0.39 is 0 Å². The summed E-state index contributed by atoms with van der Waals surface area (Å²) in [6.45, 7) is 14.1. The molecule has 0 radical (unpaired) electrons. The Morgan fingerprint density at radius 2 is 1.44 bits per heavy atom. The molecule has 0 aliphatic heterocycles. The van der Waals surface area contributed by atoms with Crippen LogP contribution in [0.4, 0.5) is 0 Å². The molecule has 0 saturated heterocycles. The van der Waals surface area contributed by atoms with Gasteiger partial charge in [0, 0.05) is 35.5 Å². The average molecular weight is 293 g/mol. The molecule has 0 rings (SSSR count). The summed E-state index contributed by atoms with van der Waals surface area (Å²) >= 11 is 0. The highest BCUT2D eigenvalue weighted by atomic mass is 33.1. The van der Waals surface area contributed by atoms with E-state index in [4.69, 9.17) is 0 Å². The van der Waals surface area contributed by atoms with Gasteiger partial charge < -0.3 is 10.6 Å². The zero-order valence-electron chi connectivity index (χ0n) is 12.6. The normalized spacial score (nSPS) is 12.6. The molecule has 0 aromatic carbocycles. The van der Waals surface area contributed by atoms with Crippen LogP contribution in [-0.4, -0.2) is 36.0 Å². The van der Waals surface area contributed by atoms with Gasteiger partial charge in [-0.05, 0) is 20.8 Å². The van der Waals surface area contributed by atoms with E-state index in [9.17, 15) is 4.79 Å². The van der Waals surface area contributed by atoms with Crippen LogP contribution in [0.3, 0.4) is 0 Å². The predicted octanol–water partition coefficient (Wildman–Crippen LogP) is 2.92. The van der Waals surface area contributed by atoms with Crippen molar-refractivity contribution in [3.05, 3.63) is 0 Å². The van der Waals surface area contributed by atoms with Crippen LogP contribution in [0.15, 0.2) is 0 Å². The van der Waals surface area contributed by atoms with Crippen molar-refractivity contribution >= 4 is 27.5 Å². The van der Waals surface area contributed by atoms with Crippen LogP contribution in [-0.2, 0) is 4.79 Å². The molecule has 0 aliphatic carbocycles. The van der Waals surface area contributed by atoms with Gasteiger partial charge in [0.1, 0.15) is 0 Å². The van der Waals surface area contributed by atoms with E-state index in [-0.39, 0.29) is 16.9 Å². The van der Waals surface area contributed by atoms with E-state index in [1.54, 1.807) is 0 Å². The quantitative estimate of drug-likeness (QED) is 0.559. The fraction of sp³-hybridized carbons (Fsp3) is 0.923. The molecule has 0 saturated carbocycles. The maximum atomic E-state index is 11.6. The van der Waals surface area contributed by atoms with Gasteiger partial charge in [-0.3, -0.25) is 4.79 Å². The summed E-state index contributed by atoms with van der Waals surface area (Å²) in [5, 5.41) is 6.40. The monoisotopic (exact) mass is 292 g/mol. The van der Waals surface area contributed by atoms with Crippen LogP contribution in [0.25, 0.3) is 0 Å². The average Bonchev–Trinajstić information content (AvgIpc) is 2.18. The Balaban J connectivity index is 3.35. The van der Waals surface area contributed by atoms with Crippen molar-refractivity contribution in [3.63, 3.8) is 0 Å². The first-order chi connectivity index (χ1) is 8.13. The Morgan fingerprint density at radius 3 is 1.89 bits per heavy atom. The lowest BCUT2D eigenvalue weighted by Gasteiger charge is -2.20. The van der Waals surface area contributed by atoms with Crippen LogP contribution in [0.1, 0.15) is 41.5 Å². The minimum absolute atomic E-state index is 0.127. The topological polar surface area (TPSA) is 41.1 Å². The minimum Gasteiger partial charge on any atom is -0.355 e. The largest absolute Gasteiger partial charge is 0.355 e. The second kappa shape index (κ2) is 8.33. The number of nitrogens with one attached hydrogen (secondary N) is 2. The Labute approximate surface area is 120 Å². The first-order valence-corrected chi connectivity index (χ1v) is 8.89. The summed E-state index contributed by atoms with van der Waals surface area (Å²) in [5.74, 6) is 2.18. The van der Waals surface area contributed by atoms with Gasteiger partial charge >= 0.3 is 0 Å². The molecule has 108 valence electrons. The summed E-state index contributed by atoms with van der Waals surface area (Å²) < 4.78 is 0. The zero-order valence-corrected chi connectivity index (χ0v) is 14.2. The number of rotatable bonds is 7. The number of amides is 1. The fourth-order valence-electron chi connectivity index (χ4n) is 1.06. The third kappa shape index (κ3) is 11.2. The Morgan fingerprint density at radius 1 is 0.944 bits per heavy atom. The molecule has 0 spiro atoms. The molecule has 0 fully saturated rings. The second-order valence-corrected chi connectivity index (χ2v) is 9.03. The van der Waals surface area contributed by atoms with Crippen LogP contribution in [0, 0.1) is 5.41 Å². The summed E-state index contributed by atoms with van der Waals surface area (Å²) in [5.41, 5.74) is -0.0830. The van der Waals surface area contributed by atoms with Gasteiger partial charge in [0.05, 0.1) is 0 Å². The van der Waals surface area contributed by atoms with Crippen molar-refractivity contribution in [1.82, 2.24) is 10.6 Å². The lowest BCUT2D eigenvalue weighted by molar-refractivity contribution is -0.128. The Kier molecular flexibility index (Phi) is 8.39. The first-order valence-electron chi connectivity index (χ1n) is 6.41. The van der Waals surface area contributed by atoms with Gasteiger partial charge in [0.2, 0.25) is 5.91 Å². The van der Waals surface area contributed by atoms with Gasteiger partial charge in [0.15, 0.2) is 0 Å². The number of carbonyl (C=O) groups is 1. The van der Waals surface area contributed by atoms with E-state index in [0.717, 1.165) is 24.6 Å². The maximum Gasteiger partial charge on any atom is 0.225 e. The number of hydrogen-bond acceptors (Lipinski definition) is 4. The minimum atomic E-state index is -0.283.